The molecule has 7 nitrogen and oxygen atoms in total. The third-order valence-corrected chi connectivity index (χ3v) is 5.45. The monoisotopic (exact) mass is 455 g/mol. The van der Waals surface area contributed by atoms with Gasteiger partial charge in [0.25, 0.3) is 5.91 Å². The molecule has 7 heteroatoms. The van der Waals surface area contributed by atoms with Crippen molar-refractivity contribution in [3.05, 3.63) is 89.6 Å². The number of carbonyl (C=O) groups excluding carboxylic acids is 2. The summed E-state index contributed by atoms with van der Waals surface area (Å²) in [5.74, 6) is 0.525. The molecule has 0 radical (unpaired) electrons. The standard InChI is InChI=1S/C27H25N3O4/c1-4-34-25-17-19(10-15-24(25)32)16-23-27(33)30(26(28-23)20-8-6-5-7-9-20)22-13-11-21(12-14-22)29(3)18(2)31/h5-17,32H,4H2,1-3H3. The highest BCUT2D eigenvalue weighted by Gasteiger charge is 2.32. The summed E-state index contributed by atoms with van der Waals surface area (Å²) in [6, 6.07) is 21.6. The van der Waals surface area contributed by atoms with E-state index in [4.69, 9.17) is 4.74 Å². The van der Waals surface area contributed by atoms with E-state index in [2.05, 4.69) is 4.99 Å². The first kappa shape index (κ1) is 22.8. The molecular weight excluding hydrogens is 430 g/mol. The Hall–Kier alpha value is -4.39. The lowest BCUT2D eigenvalue weighted by Crippen LogP contribution is -2.32. The van der Waals surface area contributed by atoms with Crippen LogP contribution in [0.1, 0.15) is 25.0 Å². The van der Waals surface area contributed by atoms with Gasteiger partial charge in [0, 0.05) is 25.2 Å². The molecular formula is C27H25N3O4. The first-order chi connectivity index (χ1) is 16.4. The SMILES string of the molecule is CCOc1cc(C=C2N=C(c3ccccc3)N(c3ccc(N(C)C(C)=O)cc3)C2=O)ccc1O. The third-order valence-electron chi connectivity index (χ3n) is 5.45. The number of carbonyl (C=O) groups is 2. The van der Waals surface area contributed by atoms with Crippen molar-refractivity contribution in [2.24, 2.45) is 4.99 Å². The average Bonchev–Trinajstić information content (AvgIpc) is 3.17. The van der Waals surface area contributed by atoms with Gasteiger partial charge in [0.15, 0.2) is 11.5 Å². The van der Waals surface area contributed by atoms with Crippen LogP contribution in [0.4, 0.5) is 11.4 Å². The molecule has 3 aromatic carbocycles. The number of hydrogen-bond donors (Lipinski definition) is 1. The molecule has 0 aliphatic carbocycles. The zero-order valence-electron chi connectivity index (χ0n) is 19.2. The molecule has 0 spiro atoms. The van der Waals surface area contributed by atoms with Gasteiger partial charge in [-0.05, 0) is 55.0 Å². The van der Waals surface area contributed by atoms with Crippen LogP contribution in [-0.2, 0) is 9.59 Å². The quantitative estimate of drug-likeness (QED) is 0.551. The molecule has 0 bridgehead atoms. The van der Waals surface area contributed by atoms with E-state index in [1.54, 1.807) is 54.4 Å². The summed E-state index contributed by atoms with van der Waals surface area (Å²) in [6.07, 6.45) is 1.67. The molecule has 0 saturated heterocycles. The van der Waals surface area contributed by atoms with Gasteiger partial charge in [-0.1, -0.05) is 36.4 Å². The number of nitrogens with zero attached hydrogens (tertiary/aromatic N) is 3. The van der Waals surface area contributed by atoms with E-state index in [1.165, 1.54) is 17.9 Å². The van der Waals surface area contributed by atoms with Crippen LogP contribution in [0, 0.1) is 0 Å². The van der Waals surface area contributed by atoms with E-state index in [9.17, 15) is 14.7 Å². The average molecular weight is 456 g/mol. The van der Waals surface area contributed by atoms with E-state index in [-0.39, 0.29) is 23.3 Å². The Kier molecular flexibility index (Phi) is 6.45. The molecule has 1 N–H and O–H groups in total. The number of phenolic OH excluding ortho intramolecular Hbond substituents is 1. The number of aromatic hydroxyl groups is 1. The van der Waals surface area contributed by atoms with Gasteiger partial charge >= 0.3 is 0 Å². The first-order valence-corrected chi connectivity index (χ1v) is 10.9. The lowest BCUT2D eigenvalue weighted by Gasteiger charge is -2.20. The molecule has 0 atom stereocenters. The lowest BCUT2D eigenvalue weighted by molar-refractivity contribution is -0.116. The second-order valence-corrected chi connectivity index (χ2v) is 7.73. The van der Waals surface area contributed by atoms with Crippen LogP contribution in [0.2, 0.25) is 0 Å². The normalized spacial score (nSPS) is 14.3. The summed E-state index contributed by atoms with van der Waals surface area (Å²) in [6.45, 7) is 3.74. The first-order valence-electron chi connectivity index (χ1n) is 10.9. The molecule has 0 fully saturated rings. The number of anilines is 2. The molecule has 1 aliphatic rings. The molecule has 0 unspecified atom stereocenters. The minimum Gasteiger partial charge on any atom is -0.504 e. The number of rotatable bonds is 6. The predicted octanol–water partition coefficient (Wildman–Crippen LogP) is 4.61. The minimum absolute atomic E-state index is 0.0347. The van der Waals surface area contributed by atoms with Gasteiger partial charge in [0.2, 0.25) is 5.91 Å². The molecule has 1 aliphatic heterocycles. The van der Waals surface area contributed by atoms with Gasteiger partial charge in [-0.15, -0.1) is 0 Å². The van der Waals surface area contributed by atoms with Gasteiger partial charge in [-0.3, -0.25) is 14.5 Å². The highest BCUT2D eigenvalue weighted by atomic mass is 16.5. The topological polar surface area (TPSA) is 82.4 Å². The Balaban J connectivity index is 1.75. The van der Waals surface area contributed by atoms with Crippen LogP contribution >= 0.6 is 0 Å². The van der Waals surface area contributed by atoms with Gasteiger partial charge in [-0.25, -0.2) is 4.99 Å². The molecule has 3 aromatic rings. The summed E-state index contributed by atoms with van der Waals surface area (Å²) < 4.78 is 5.46. The fourth-order valence-corrected chi connectivity index (χ4v) is 3.59. The van der Waals surface area contributed by atoms with Crippen molar-refractivity contribution in [3.8, 4) is 11.5 Å². The molecule has 4 rings (SSSR count). The molecule has 0 aromatic heterocycles. The molecule has 172 valence electrons. The summed E-state index contributed by atoms with van der Waals surface area (Å²) >= 11 is 0. The summed E-state index contributed by atoms with van der Waals surface area (Å²) in [5.41, 5.74) is 3.10. The van der Waals surface area contributed by atoms with Crippen LogP contribution in [0.25, 0.3) is 6.08 Å². The van der Waals surface area contributed by atoms with E-state index < -0.39 is 0 Å². The number of hydrogen-bond acceptors (Lipinski definition) is 5. The van der Waals surface area contributed by atoms with E-state index >= 15 is 0 Å². The summed E-state index contributed by atoms with van der Waals surface area (Å²) in [4.78, 5) is 32.9. The van der Waals surface area contributed by atoms with Gasteiger partial charge < -0.3 is 14.7 Å². The Morgan fingerprint density at radius 2 is 1.79 bits per heavy atom. The Labute approximate surface area is 198 Å². The maximum absolute atomic E-state index is 13.5. The Morgan fingerprint density at radius 1 is 1.09 bits per heavy atom. The van der Waals surface area contributed by atoms with Crippen LogP contribution in [0.3, 0.4) is 0 Å². The van der Waals surface area contributed by atoms with Crippen molar-refractivity contribution >= 4 is 35.1 Å². The minimum atomic E-state index is -0.280. The number of ether oxygens (including phenoxy) is 1. The van der Waals surface area contributed by atoms with Crippen LogP contribution in [0.5, 0.6) is 11.5 Å². The van der Waals surface area contributed by atoms with Crippen molar-refractivity contribution in [2.75, 3.05) is 23.5 Å². The predicted molar refractivity (Wildman–Crippen MR) is 133 cm³/mol. The number of aliphatic imine (C=N–C) groups is 1. The van der Waals surface area contributed by atoms with Gasteiger partial charge in [-0.2, -0.15) is 0 Å². The molecule has 2 amide bonds. The van der Waals surface area contributed by atoms with Gasteiger partial charge in [0.05, 0.1) is 12.3 Å². The van der Waals surface area contributed by atoms with Crippen molar-refractivity contribution in [1.82, 2.24) is 0 Å². The van der Waals surface area contributed by atoms with Crippen molar-refractivity contribution in [3.63, 3.8) is 0 Å². The maximum Gasteiger partial charge on any atom is 0.282 e. The summed E-state index contributed by atoms with van der Waals surface area (Å²) in [7, 11) is 1.70. The fraction of sp³-hybridized carbons (Fsp3) is 0.148. The largest absolute Gasteiger partial charge is 0.504 e. The smallest absolute Gasteiger partial charge is 0.282 e. The second kappa shape index (κ2) is 9.62. The maximum atomic E-state index is 13.5. The van der Waals surface area contributed by atoms with Crippen molar-refractivity contribution in [1.29, 1.82) is 0 Å². The zero-order valence-corrected chi connectivity index (χ0v) is 19.2. The number of benzene rings is 3. The zero-order chi connectivity index (χ0) is 24.2. The van der Waals surface area contributed by atoms with Gasteiger partial charge in [0.1, 0.15) is 11.5 Å². The van der Waals surface area contributed by atoms with Crippen molar-refractivity contribution < 1.29 is 19.4 Å². The van der Waals surface area contributed by atoms with E-state index in [0.29, 0.717) is 29.4 Å². The third kappa shape index (κ3) is 4.54. The number of amidine groups is 1. The van der Waals surface area contributed by atoms with Crippen LogP contribution < -0.4 is 14.5 Å². The molecule has 0 saturated carbocycles. The number of amides is 2. The van der Waals surface area contributed by atoms with Crippen LogP contribution in [-0.4, -0.2) is 36.4 Å². The summed E-state index contributed by atoms with van der Waals surface area (Å²) in [5, 5.41) is 9.98. The van der Waals surface area contributed by atoms with Crippen LogP contribution in [0.15, 0.2) is 83.5 Å². The molecule has 34 heavy (non-hydrogen) atoms. The lowest BCUT2D eigenvalue weighted by atomic mass is 10.1. The van der Waals surface area contributed by atoms with Crippen molar-refractivity contribution in [2.45, 2.75) is 13.8 Å². The van der Waals surface area contributed by atoms with E-state index in [1.807, 2.05) is 37.3 Å². The number of phenols is 1. The highest BCUT2D eigenvalue weighted by molar-refractivity contribution is 6.33. The highest BCUT2D eigenvalue weighted by Crippen LogP contribution is 2.31. The molecule has 1 heterocycles. The fourth-order valence-electron chi connectivity index (χ4n) is 3.59. The Bertz CT molecular complexity index is 1280. The second-order valence-electron chi connectivity index (χ2n) is 7.73. The Morgan fingerprint density at radius 3 is 2.44 bits per heavy atom. The van der Waals surface area contributed by atoms with E-state index in [0.717, 1.165) is 11.3 Å².